The zero-order chi connectivity index (χ0) is 31.2. The van der Waals surface area contributed by atoms with Crippen molar-refractivity contribution in [3.8, 4) is 0 Å². The van der Waals surface area contributed by atoms with E-state index in [1.807, 2.05) is 61.5 Å². The normalized spacial score (nSPS) is 15.5. The van der Waals surface area contributed by atoms with E-state index in [1.165, 1.54) is 4.90 Å². The van der Waals surface area contributed by atoms with Crippen molar-refractivity contribution >= 4 is 23.9 Å². The molecule has 2 aromatic rings. The number of benzene rings is 2. The molecule has 2 aromatic carbocycles. The van der Waals surface area contributed by atoms with Crippen molar-refractivity contribution in [2.75, 3.05) is 0 Å². The third kappa shape index (κ3) is 9.89. The minimum Gasteiger partial charge on any atom is -0.458 e. The zero-order valence-electron chi connectivity index (χ0n) is 26.0. The maximum atomic E-state index is 14.2. The van der Waals surface area contributed by atoms with Crippen LogP contribution >= 0.6 is 0 Å². The van der Waals surface area contributed by atoms with Crippen molar-refractivity contribution in [2.45, 2.75) is 110 Å². The molecular formula is C33H45N3O6. The Labute approximate surface area is 249 Å². The average Bonchev–Trinajstić information content (AvgIpc) is 3.70. The first kappa shape index (κ1) is 32.6. The number of aryl methyl sites for hydroxylation is 1. The molecule has 228 valence electrons. The molecule has 3 unspecified atom stereocenters. The van der Waals surface area contributed by atoms with E-state index in [9.17, 15) is 19.2 Å². The van der Waals surface area contributed by atoms with Crippen LogP contribution in [0, 0.1) is 6.92 Å². The van der Waals surface area contributed by atoms with Crippen LogP contribution in [0.15, 0.2) is 54.6 Å². The van der Waals surface area contributed by atoms with Gasteiger partial charge in [0.1, 0.15) is 29.3 Å². The summed E-state index contributed by atoms with van der Waals surface area (Å²) in [6, 6.07) is 13.6. The van der Waals surface area contributed by atoms with E-state index in [-0.39, 0.29) is 12.5 Å². The van der Waals surface area contributed by atoms with Gasteiger partial charge in [0, 0.05) is 12.5 Å². The summed E-state index contributed by atoms with van der Waals surface area (Å²) in [4.78, 5) is 55.4. The maximum absolute atomic E-state index is 14.2. The summed E-state index contributed by atoms with van der Waals surface area (Å²) in [5, 5.41) is 5.52. The molecule has 3 rings (SSSR count). The summed E-state index contributed by atoms with van der Waals surface area (Å²) in [7, 11) is 0. The Morgan fingerprint density at radius 2 is 1.43 bits per heavy atom. The lowest BCUT2D eigenvalue weighted by atomic mass is 10.00. The molecule has 1 aliphatic rings. The number of carbonyl (C=O) groups is 4. The molecule has 1 aliphatic carbocycles. The van der Waals surface area contributed by atoms with Crippen LogP contribution in [-0.4, -0.2) is 58.1 Å². The number of nitrogens with zero attached hydrogens (tertiary/aromatic N) is 1. The van der Waals surface area contributed by atoms with Gasteiger partial charge in [0.2, 0.25) is 11.8 Å². The molecule has 0 saturated heterocycles. The molecule has 3 amide bonds. The molecule has 1 fully saturated rings. The molecule has 0 aliphatic heterocycles. The van der Waals surface area contributed by atoms with Crippen LogP contribution in [0.2, 0.25) is 0 Å². The fraction of sp³-hybridized carbons (Fsp3) is 0.515. The predicted octanol–water partition coefficient (Wildman–Crippen LogP) is 5.01. The standard InChI is InChI=1S/C33H45N3O6/c1-21-14-16-24(17-15-21)27(36(25-18-19-25)29(38)22(2)34-31(40)42-33(6,7)8)28(37)35-26(30(39)41-32(3,4)5)20-23-12-10-9-11-13-23/h9-17,22,25-27H,18-20H2,1-8H3,(H,34,40)(H,35,37). The maximum Gasteiger partial charge on any atom is 0.408 e. The number of hydrogen-bond acceptors (Lipinski definition) is 6. The molecule has 9 heteroatoms. The van der Waals surface area contributed by atoms with Crippen LogP contribution in [0.25, 0.3) is 0 Å². The van der Waals surface area contributed by atoms with Crippen LogP contribution in [-0.2, 0) is 30.3 Å². The first-order chi connectivity index (χ1) is 19.5. The summed E-state index contributed by atoms with van der Waals surface area (Å²) in [5.41, 5.74) is 0.962. The van der Waals surface area contributed by atoms with E-state index in [4.69, 9.17) is 9.47 Å². The van der Waals surface area contributed by atoms with Crippen LogP contribution < -0.4 is 10.6 Å². The van der Waals surface area contributed by atoms with Crippen LogP contribution in [0.3, 0.4) is 0 Å². The Morgan fingerprint density at radius 3 is 1.95 bits per heavy atom. The molecule has 0 bridgehead atoms. The average molecular weight is 580 g/mol. The summed E-state index contributed by atoms with van der Waals surface area (Å²) in [6.45, 7) is 14.0. The summed E-state index contributed by atoms with van der Waals surface area (Å²) >= 11 is 0. The number of nitrogens with one attached hydrogen (secondary N) is 2. The highest BCUT2D eigenvalue weighted by Crippen LogP contribution is 2.36. The second-order valence-corrected chi connectivity index (χ2v) is 12.9. The summed E-state index contributed by atoms with van der Waals surface area (Å²) in [6.07, 6.45) is 0.944. The van der Waals surface area contributed by atoms with Gasteiger partial charge < -0.3 is 25.0 Å². The number of rotatable bonds is 10. The van der Waals surface area contributed by atoms with Crippen LogP contribution in [0.4, 0.5) is 4.79 Å². The quantitative estimate of drug-likeness (QED) is 0.383. The molecule has 0 heterocycles. The van der Waals surface area contributed by atoms with E-state index < -0.39 is 53.2 Å². The van der Waals surface area contributed by atoms with Gasteiger partial charge in [0.25, 0.3) is 0 Å². The number of carbonyl (C=O) groups excluding carboxylic acids is 4. The van der Waals surface area contributed by atoms with Crippen LogP contribution in [0.1, 0.15) is 84.0 Å². The van der Waals surface area contributed by atoms with E-state index in [0.29, 0.717) is 5.56 Å². The Kier molecular flexibility index (Phi) is 10.4. The number of amides is 3. The van der Waals surface area contributed by atoms with Gasteiger partial charge in [-0.25, -0.2) is 9.59 Å². The first-order valence-corrected chi connectivity index (χ1v) is 14.5. The lowest BCUT2D eigenvalue weighted by molar-refractivity contribution is -0.159. The van der Waals surface area contributed by atoms with E-state index in [0.717, 1.165) is 24.0 Å². The van der Waals surface area contributed by atoms with Gasteiger partial charge in [-0.1, -0.05) is 60.2 Å². The Balaban J connectivity index is 1.95. The van der Waals surface area contributed by atoms with Gasteiger partial charge in [-0.05, 0) is 79.4 Å². The number of hydrogen-bond donors (Lipinski definition) is 2. The molecule has 0 aromatic heterocycles. The monoisotopic (exact) mass is 579 g/mol. The molecule has 0 spiro atoms. The van der Waals surface area contributed by atoms with Crippen molar-refractivity contribution in [1.82, 2.24) is 15.5 Å². The van der Waals surface area contributed by atoms with Gasteiger partial charge in [0.15, 0.2) is 0 Å². The fourth-order valence-electron chi connectivity index (χ4n) is 4.49. The molecule has 0 radical (unpaired) electrons. The van der Waals surface area contributed by atoms with E-state index >= 15 is 0 Å². The number of alkyl carbamates (subject to hydrolysis) is 1. The van der Waals surface area contributed by atoms with Crippen molar-refractivity contribution in [2.24, 2.45) is 0 Å². The highest BCUT2D eigenvalue weighted by molar-refractivity contribution is 5.94. The Bertz CT molecular complexity index is 1240. The minimum atomic E-state index is -1.03. The second kappa shape index (κ2) is 13.4. The van der Waals surface area contributed by atoms with E-state index in [2.05, 4.69) is 10.6 Å². The molecule has 1 saturated carbocycles. The third-order valence-electron chi connectivity index (χ3n) is 6.51. The molecule has 9 nitrogen and oxygen atoms in total. The topological polar surface area (TPSA) is 114 Å². The molecular weight excluding hydrogens is 534 g/mol. The lowest BCUT2D eigenvalue weighted by Gasteiger charge is -2.35. The molecule has 3 atom stereocenters. The SMILES string of the molecule is Cc1ccc(C(C(=O)NC(Cc2ccccc2)C(=O)OC(C)(C)C)N(C(=O)C(C)NC(=O)OC(C)(C)C)C2CC2)cc1. The number of ether oxygens (including phenoxy) is 2. The van der Waals surface area contributed by atoms with Crippen LogP contribution in [0.5, 0.6) is 0 Å². The third-order valence-corrected chi connectivity index (χ3v) is 6.51. The summed E-state index contributed by atoms with van der Waals surface area (Å²) < 4.78 is 11.0. The second-order valence-electron chi connectivity index (χ2n) is 12.9. The molecule has 42 heavy (non-hydrogen) atoms. The van der Waals surface area contributed by atoms with Crippen molar-refractivity contribution < 1.29 is 28.7 Å². The van der Waals surface area contributed by atoms with E-state index in [1.54, 1.807) is 48.5 Å². The van der Waals surface area contributed by atoms with Crippen molar-refractivity contribution in [3.05, 3.63) is 71.3 Å². The van der Waals surface area contributed by atoms with Gasteiger partial charge in [-0.15, -0.1) is 0 Å². The minimum absolute atomic E-state index is 0.188. The predicted molar refractivity (Wildman–Crippen MR) is 161 cm³/mol. The van der Waals surface area contributed by atoms with Gasteiger partial charge in [-0.2, -0.15) is 0 Å². The zero-order valence-corrected chi connectivity index (χ0v) is 26.0. The molecule has 2 N–H and O–H groups in total. The first-order valence-electron chi connectivity index (χ1n) is 14.5. The Morgan fingerprint density at radius 1 is 0.857 bits per heavy atom. The number of esters is 1. The smallest absolute Gasteiger partial charge is 0.408 e. The largest absolute Gasteiger partial charge is 0.458 e. The highest BCUT2D eigenvalue weighted by Gasteiger charge is 2.44. The lowest BCUT2D eigenvalue weighted by Crippen LogP contribution is -2.55. The van der Waals surface area contributed by atoms with Gasteiger partial charge in [0.05, 0.1) is 0 Å². The van der Waals surface area contributed by atoms with Gasteiger partial charge in [-0.3, -0.25) is 9.59 Å². The van der Waals surface area contributed by atoms with Crippen molar-refractivity contribution in [1.29, 1.82) is 0 Å². The fourth-order valence-corrected chi connectivity index (χ4v) is 4.49. The van der Waals surface area contributed by atoms with Crippen molar-refractivity contribution in [3.63, 3.8) is 0 Å². The van der Waals surface area contributed by atoms with Gasteiger partial charge >= 0.3 is 12.1 Å². The summed E-state index contributed by atoms with van der Waals surface area (Å²) in [5.74, 6) is -1.48. The Hall–Kier alpha value is -3.88. The highest BCUT2D eigenvalue weighted by atomic mass is 16.6.